The van der Waals surface area contributed by atoms with Crippen molar-refractivity contribution in [1.29, 1.82) is 0 Å². The molecule has 0 bridgehead atoms. The Morgan fingerprint density at radius 1 is 1.40 bits per heavy atom. The molecule has 114 valence electrons. The van der Waals surface area contributed by atoms with Crippen molar-refractivity contribution in [1.82, 2.24) is 5.32 Å². The van der Waals surface area contributed by atoms with Gasteiger partial charge in [0.1, 0.15) is 0 Å². The van der Waals surface area contributed by atoms with Crippen LogP contribution in [0.5, 0.6) is 0 Å². The van der Waals surface area contributed by atoms with Crippen LogP contribution in [-0.4, -0.2) is 18.5 Å². The van der Waals surface area contributed by atoms with Gasteiger partial charge in [0.05, 0.1) is 0 Å². The molecular weight excluding hydrogens is 340 g/mol. The first-order valence-electron chi connectivity index (χ1n) is 6.75. The van der Waals surface area contributed by atoms with Crippen LogP contribution in [0.25, 0.3) is 0 Å². The Kier molecular flexibility index (Phi) is 9.90. The molecule has 0 fully saturated rings. The molecule has 0 heterocycles. The van der Waals surface area contributed by atoms with Gasteiger partial charge in [-0.3, -0.25) is 4.79 Å². The number of nitrogens with one attached hydrogen (secondary N) is 1. The molecule has 20 heavy (non-hydrogen) atoms. The first kappa shape index (κ1) is 19.4. The van der Waals surface area contributed by atoms with Crippen molar-refractivity contribution in [2.45, 2.75) is 39.2 Å². The Labute approximate surface area is 136 Å². The molecule has 1 aromatic rings. The summed E-state index contributed by atoms with van der Waals surface area (Å²) in [5.74, 6) is 0.620. The zero-order valence-electron chi connectivity index (χ0n) is 12.1. The van der Waals surface area contributed by atoms with Gasteiger partial charge in [-0.05, 0) is 36.5 Å². The summed E-state index contributed by atoms with van der Waals surface area (Å²) in [7, 11) is 0. The van der Waals surface area contributed by atoms with Crippen molar-refractivity contribution < 1.29 is 4.79 Å². The summed E-state index contributed by atoms with van der Waals surface area (Å²) in [5.41, 5.74) is 6.84. The molecule has 0 aliphatic carbocycles. The van der Waals surface area contributed by atoms with Gasteiger partial charge in [-0.1, -0.05) is 41.9 Å². The topological polar surface area (TPSA) is 55.1 Å². The van der Waals surface area contributed by atoms with Crippen molar-refractivity contribution in [2.75, 3.05) is 6.54 Å². The fraction of sp³-hybridized carbons (Fsp3) is 0.533. The lowest BCUT2D eigenvalue weighted by atomic mass is 10.0. The highest BCUT2D eigenvalue weighted by Gasteiger charge is 2.12. The fourth-order valence-electron chi connectivity index (χ4n) is 2.03. The van der Waals surface area contributed by atoms with Gasteiger partial charge < -0.3 is 11.1 Å². The summed E-state index contributed by atoms with van der Waals surface area (Å²) in [4.78, 5) is 11.9. The summed E-state index contributed by atoms with van der Waals surface area (Å²) in [6.45, 7) is 4.77. The molecule has 0 aliphatic heterocycles. The molecule has 0 aliphatic rings. The standard InChI is InChI=1S/C15H23BrN2O.ClH/c1-11(2)8-14(10-17)18-15(19)7-6-12-4-3-5-13(16)9-12;/h3-5,9,11,14H,6-8,10,17H2,1-2H3,(H,18,19);1H. The smallest absolute Gasteiger partial charge is 0.220 e. The third-order valence-corrected chi connectivity index (χ3v) is 3.43. The molecule has 3 nitrogen and oxygen atoms in total. The number of halogens is 2. The van der Waals surface area contributed by atoms with Gasteiger partial charge in [0.2, 0.25) is 5.91 Å². The van der Waals surface area contributed by atoms with E-state index >= 15 is 0 Å². The van der Waals surface area contributed by atoms with Crippen LogP contribution in [0.2, 0.25) is 0 Å². The third-order valence-electron chi connectivity index (χ3n) is 2.94. The number of hydrogen-bond acceptors (Lipinski definition) is 2. The van der Waals surface area contributed by atoms with Crippen molar-refractivity contribution >= 4 is 34.2 Å². The van der Waals surface area contributed by atoms with E-state index in [1.54, 1.807) is 0 Å². The van der Waals surface area contributed by atoms with Crippen LogP contribution < -0.4 is 11.1 Å². The molecule has 0 saturated carbocycles. The average Bonchev–Trinajstić information content (AvgIpc) is 2.35. The van der Waals surface area contributed by atoms with Gasteiger partial charge >= 0.3 is 0 Å². The van der Waals surface area contributed by atoms with Gasteiger partial charge in [0.15, 0.2) is 0 Å². The lowest BCUT2D eigenvalue weighted by Gasteiger charge is -2.18. The number of carbonyl (C=O) groups is 1. The van der Waals surface area contributed by atoms with E-state index in [1.807, 2.05) is 24.3 Å². The molecule has 0 spiro atoms. The van der Waals surface area contributed by atoms with Crippen LogP contribution >= 0.6 is 28.3 Å². The van der Waals surface area contributed by atoms with Crippen LogP contribution in [-0.2, 0) is 11.2 Å². The lowest BCUT2D eigenvalue weighted by molar-refractivity contribution is -0.121. The Bertz CT molecular complexity index is 413. The maximum absolute atomic E-state index is 11.9. The second-order valence-electron chi connectivity index (χ2n) is 5.26. The summed E-state index contributed by atoms with van der Waals surface area (Å²) in [5, 5.41) is 3.01. The van der Waals surface area contributed by atoms with Crippen LogP contribution in [0.3, 0.4) is 0 Å². The van der Waals surface area contributed by atoms with Gasteiger partial charge in [-0.2, -0.15) is 0 Å². The predicted octanol–water partition coefficient (Wildman–Crippen LogP) is 3.29. The Hall–Kier alpha value is -0.580. The lowest BCUT2D eigenvalue weighted by Crippen LogP contribution is -2.41. The highest BCUT2D eigenvalue weighted by molar-refractivity contribution is 9.10. The minimum atomic E-state index is 0. The number of amides is 1. The largest absolute Gasteiger partial charge is 0.352 e. The number of aryl methyl sites for hydroxylation is 1. The number of hydrogen-bond donors (Lipinski definition) is 2. The van der Waals surface area contributed by atoms with Crippen LogP contribution in [0.15, 0.2) is 28.7 Å². The molecule has 0 aromatic heterocycles. The normalized spacial score (nSPS) is 11.8. The summed E-state index contributed by atoms with van der Waals surface area (Å²) >= 11 is 3.43. The van der Waals surface area contributed by atoms with E-state index in [0.717, 1.165) is 22.9 Å². The minimum Gasteiger partial charge on any atom is -0.352 e. The quantitative estimate of drug-likeness (QED) is 0.781. The molecule has 1 rings (SSSR count). The molecule has 1 unspecified atom stereocenters. The second-order valence-corrected chi connectivity index (χ2v) is 6.18. The SMILES string of the molecule is CC(C)CC(CN)NC(=O)CCc1cccc(Br)c1.Cl. The molecule has 1 amide bonds. The summed E-state index contributed by atoms with van der Waals surface area (Å²) < 4.78 is 1.05. The highest BCUT2D eigenvalue weighted by atomic mass is 79.9. The molecular formula is C15H24BrClN2O. The molecule has 1 aromatic carbocycles. The number of carbonyl (C=O) groups excluding carboxylic acids is 1. The molecule has 5 heteroatoms. The average molecular weight is 364 g/mol. The van der Waals surface area contributed by atoms with Gasteiger partial charge in [0, 0.05) is 23.5 Å². The minimum absolute atomic E-state index is 0. The first-order chi connectivity index (χ1) is 9.01. The van der Waals surface area contributed by atoms with Crippen molar-refractivity contribution in [3.05, 3.63) is 34.3 Å². The van der Waals surface area contributed by atoms with E-state index in [-0.39, 0.29) is 24.4 Å². The predicted molar refractivity (Wildman–Crippen MR) is 90.2 cm³/mol. The van der Waals surface area contributed by atoms with Crippen LogP contribution in [0.1, 0.15) is 32.3 Å². The third kappa shape index (κ3) is 7.88. The Morgan fingerprint density at radius 3 is 2.65 bits per heavy atom. The summed E-state index contributed by atoms with van der Waals surface area (Å²) in [6, 6.07) is 8.14. The molecule has 0 saturated heterocycles. The second kappa shape index (κ2) is 10.2. The van der Waals surface area contributed by atoms with E-state index in [4.69, 9.17) is 5.73 Å². The van der Waals surface area contributed by atoms with Gasteiger partial charge in [-0.25, -0.2) is 0 Å². The van der Waals surface area contributed by atoms with E-state index in [1.165, 1.54) is 0 Å². The number of benzene rings is 1. The van der Waals surface area contributed by atoms with Crippen LogP contribution in [0.4, 0.5) is 0 Å². The molecule has 0 radical (unpaired) electrons. The fourth-order valence-corrected chi connectivity index (χ4v) is 2.48. The maximum atomic E-state index is 11.9. The zero-order chi connectivity index (χ0) is 14.3. The van der Waals surface area contributed by atoms with Crippen LogP contribution in [0, 0.1) is 5.92 Å². The number of nitrogens with two attached hydrogens (primary N) is 1. The van der Waals surface area contributed by atoms with E-state index in [2.05, 4.69) is 35.1 Å². The first-order valence-corrected chi connectivity index (χ1v) is 7.54. The van der Waals surface area contributed by atoms with Crippen molar-refractivity contribution in [2.24, 2.45) is 11.7 Å². The molecule has 3 N–H and O–H groups in total. The van der Waals surface area contributed by atoms with E-state index in [0.29, 0.717) is 18.9 Å². The van der Waals surface area contributed by atoms with E-state index in [9.17, 15) is 4.79 Å². The van der Waals surface area contributed by atoms with E-state index < -0.39 is 0 Å². The summed E-state index contributed by atoms with van der Waals surface area (Å²) in [6.07, 6.45) is 2.19. The zero-order valence-corrected chi connectivity index (χ0v) is 14.5. The van der Waals surface area contributed by atoms with Gasteiger partial charge in [-0.15, -0.1) is 12.4 Å². The maximum Gasteiger partial charge on any atom is 0.220 e. The Morgan fingerprint density at radius 2 is 2.10 bits per heavy atom. The number of rotatable bonds is 7. The van der Waals surface area contributed by atoms with Crippen molar-refractivity contribution in [3.8, 4) is 0 Å². The Balaban J connectivity index is 0.00000361. The molecule has 1 atom stereocenters. The van der Waals surface area contributed by atoms with Gasteiger partial charge in [0.25, 0.3) is 0 Å². The highest BCUT2D eigenvalue weighted by Crippen LogP contribution is 2.13. The van der Waals surface area contributed by atoms with Crippen molar-refractivity contribution in [3.63, 3.8) is 0 Å². The monoisotopic (exact) mass is 362 g/mol.